The van der Waals surface area contributed by atoms with Crippen LogP contribution in [0.4, 0.5) is 18.9 Å². The van der Waals surface area contributed by atoms with Gasteiger partial charge in [0.1, 0.15) is 11.5 Å². The first-order valence-electron chi connectivity index (χ1n) is 6.28. The topological polar surface area (TPSA) is 30.8 Å². The second-order valence-corrected chi connectivity index (χ2v) is 4.21. The Morgan fingerprint density at radius 2 is 1.70 bits per heavy atom. The van der Waals surface area contributed by atoms with Gasteiger partial charge in [0.15, 0.2) is 0 Å². The van der Waals surface area contributed by atoms with Crippen molar-refractivity contribution in [3.8, 4) is 5.75 Å². The van der Waals surface area contributed by atoms with Gasteiger partial charge in [-0.2, -0.15) is 13.2 Å². The van der Waals surface area contributed by atoms with Crippen LogP contribution < -0.4 is 4.74 Å². The van der Waals surface area contributed by atoms with E-state index in [1.165, 1.54) is 32.1 Å². The smallest absolute Gasteiger partial charge is 0.429 e. The summed E-state index contributed by atoms with van der Waals surface area (Å²) in [6.45, 7) is 2.93. The van der Waals surface area contributed by atoms with Gasteiger partial charge in [-0.1, -0.05) is 0 Å². The fraction of sp³-hybridized carbons (Fsp3) is 0.500. The molecule has 1 saturated heterocycles. The number of hydrogen-bond donors (Lipinski definition) is 0. The number of benzene rings is 1. The van der Waals surface area contributed by atoms with Crippen LogP contribution >= 0.6 is 0 Å². The molecule has 1 aromatic carbocycles. The summed E-state index contributed by atoms with van der Waals surface area (Å²) in [5.74, 6) is 0.582. The summed E-state index contributed by atoms with van der Waals surface area (Å²) < 4.78 is 46.2. The molecule has 0 aromatic heterocycles. The third kappa shape index (κ3) is 6.06. The molecular formula is C14H18F3NO2. The molecule has 0 atom stereocenters. The minimum Gasteiger partial charge on any atom is -0.497 e. The summed E-state index contributed by atoms with van der Waals surface area (Å²) >= 11 is 0. The molecule has 0 amide bonds. The highest BCUT2D eigenvalue weighted by Gasteiger charge is 2.31. The average molecular weight is 289 g/mol. The summed E-state index contributed by atoms with van der Waals surface area (Å²) in [4.78, 5) is 3.44. The minimum absolute atomic E-state index is 0.255. The molecule has 0 bridgehead atoms. The molecule has 0 aliphatic carbocycles. The number of hydrogen-bond acceptors (Lipinski definition) is 3. The van der Waals surface area contributed by atoms with Crippen molar-refractivity contribution in [2.75, 3.05) is 20.3 Å². The molecule has 0 N–H and O–H groups in total. The molecule has 0 unspecified atom stereocenters. The van der Waals surface area contributed by atoms with E-state index < -0.39 is 11.9 Å². The predicted octanol–water partition coefficient (Wildman–Crippen LogP) is 4.15. The van der Waals surface area contributed by atoms with Gasteiger partial charge in [0.2, 0.25) is 0 Å². The molecule has 0 spiro atoms. The zero-order valence-electron chi connectivity index (χ0n) is 11.5. The third-order valence-corrected chi connectivity index (χ3v) is 2.61. The van der Waals surface area contributed by atoms with Gasteiger partial charge in [-0.25, -0.2) is 4.99 Å². The summed E-state index contributed by atoms with van der Waals surface area (Å²) in [6.07, 6.45) is -1.82. The first-order chi connectivity index (χ1) is 9.43. The molecule has 2 rings (SSSR count). The summed E-state index contributed by atoms with van der Waals surface area (Å²) in [6, 6.07) is 6.05. The second kappa shape index (κ2) is 7.89. The first-order valence-corrected chi connectivity index (χ1v) is 6.28. The molecule has 112 valence electrons. The van der Waals surface area contributed by atoms with Crippen molar-refractivity contribution >= 4 is 11.4 Å². The van der Waals surface area contributed by atoms with E-state index in [2.05, 4.69) is 4.99 Å². The number of rotatable bonds is 2. The van der Waals surface area contributed by atoms with Crippen LogP contribution in [-0.4, -0.2) is 32.2 Å². The monoisotopic (exact) mass is 289 g/mol. The number of halogens is 3. The summed E-state index contributed by atoms with van der Waals surface area (Å²) in [7, 11) is 1.49. The highest BCUT2D eigenvalue weighted by Crippen LogP contribution is 2.22. The Morgan fingerprint density at radius 3 is 2.05 bits per heavy atom. The van der Waals surface area contributed by atoms with Crippen molar-refractivity contribution in [3.63, 3.8) is 0 Å². The molecule has 1 aliphatic heterocycles. The molecule has 1 aliphatic rings. The standard InChI is InChI=1S/C10H10F3NO.C4H8O/c1-7(10(11,12)13)14-8-3-5-9(15-2)6-4-8;1-2-4-5-3-1/h3-6H,1-2H3;1-4H2. The lowest BCUT2D eigenvalue weighted by molar-refractivity contribution is -0.0591. The van der Waals surface area contributed by atoms with E-state index in [1.807, 2.05) is 0 Å². The highest BCUT2D eigenvalue weighted by atomic mass is 19.4. The number of aliphatic imine (C=N–C) groups is 1. The van der Waals surface area contributed by atoms with Crippen LogP contribution in [0.5, 0.6) is 5.75 Å². The minimum atomic E-state index is -4.38. The van der Waals surface area contributed by atoms with Gasteiger partial charge >= 0.3 is 6.18 Å². The Morgan fingerprint density at radius 1 is 1.15 bits per heavy atom. The molecule has 1 fully saturated rings. The van der Waals surface area contributed by atoms with Crippen molar-refractivity contribution in [2.24, 2.45) is 4.99 Å². The number of ether oxygens (including phenoxy) is 2. The Kier molecular flexibility index (Phi) is 6.51. The average Bonchev–Trinajstić information content (AvgIpc) is 2.97. The molecule has 0 radical (unpaired) electrons. The number of alkyl halides is 3. The van der Waals surface area contributed by atoms with Crippen LogP contribution in [0.1, 0.15) is 19.8 Å². The quantitative estimate of drug-likeness (QED) is 0.766. The maximum atomic E-state index is 12.1. The van der Waals surface area contributed by atoms with Crippen molar-refractivity contribution in [3.05, 3.63) is 24.3 Å². The summed E-state index contributed by atoms with van der Waals surface area (Å²) in [5, 5.41) is 0. The van der Waals surface area contributed by atoms with E-state index in [0.717, 1.165) is 20.1 Å². The van der Waals surface area contributed by atoms with Crippen molar-refractivity contribution in [1.82, 2.24) is 0 Å². The molecular weight excluding hydrogens is 271 g/mol. The zero-order chi connectivity index (χ0) is 15.0. The van der Waals surface area contributed by atoms with Crippen molar-refractivity contribution in [2.45, 2.75) is 25.9 Å². The van der Waals surface area contributed by atoms with Gasteiger partial charge in [0.25, 0.3) is 0 Å². The Bertz CT molecular complexity index is 415. The lowest BCUT2D eigenvalue weighted by Gasteiger charge is -2.05. The Labute approximate surface area is 116 Å². The first kappa shape index (κ1) is 16.5. The molecule has 20 heavy (non-hydrogen) atoms. The maximum absolute atomic E-state index is 12.1. The van der Waals surface area contributed by atoms with Crippen LogP contribution in [0, 0.1) is 0 Å². The van der Waals surface area contributed by atoms with Gasteiger partial charge in [0.05, 0.1) is 12.8 Å². The number of nitrogens with zero attached hydrogens (tertiary/aromatic N) is 1. The highest BCUT2D eigenvalue weighted by molar-refractivity contribution is 5.89. The van der Waals surface area contributed by atoms with Crippen molar-refractivity contribution < 1.29 is 22.6 Å². The van der Waals surface area contributed by atoms with Gasteiger partial charge in [-0.3, -0.25) is 0 Å². The van der Waals surface area contributed by atoms with Gasteiger partial charge in [-0.15, -0.1) is 0 Å². The lowest BCUT2D eigenvalue weighted by atomic mass is 10.3. The molecule has 1 aromatic rings. The predicted molar refractivity (Wildman–Crippen MR) is 71.9 cm³/mol. The van der Waals surface area contributed by atoms with Crippen LogP contribution in [0.25, 0.3) is 0 Å². The molecule has 3 nitrogen and oxygen atoms in total. The Hall–Kier alpha value is -1.56. The van der Waals surface area contributed by atoms with Crippen LogP contribution in [0.2, 0.25) is 0 Å². The molecule has 0 saturated carbocycles. The maximum Gasteiger partial charge on any atom is 0.429 e. The Balaban J connectivity index is 0.000000333. The van der Waals surface area contributed by atoms with Gasteiger partial charge in [0, 0.05) is 13.2 Å². The van der Waals surface area contributed by atoms with Gasteiger partial charge in [-0.05, 0) is 44.0 Å². The normalized spacial score (nSPS) is 15.6. The third-order valence-electron chi connectivity index (χ3n) is 2.61. The number of methoxy groups -OCH3 is 1. The van der Waals surface area contributed by atoms with Crippen LogP contribution in [0.15, 0.2) is 29.3 Å². The zero-order valence-corrected chi connectivity index (χ0v) is 11.5. The van der Waals surface area contributed by atoms with E-state index in [9.17, 15) is 13.2 Å². The SMILES string of the molecule is C1CCOC1.COc1ccc(N=C(C)C(F)(F)F)cc1. The van der Waals surface area contributed by atoms with E-state index in [-0.39, 0.29) is 5.69 Å². The van der Waals surface area contributed by atoms with Crippen LogP contribution in [-0.2, 0) is 4.74 Å². The second-order valence-electron chi connectivity index (χ2n) is 4.21. The van der Waals surface area contributed by atoms with Crippen molar-refractivity contribution in [1.29, 1.82) is 0 Å². The molecule has 6 heteroatoms. The van der Waals surface area contributed by atoms with E-state index in [1.54, 1.807) is 12.1 Å². The van der Waals surface area contributed by atoms with Gasteiger partial charge < -0.3 is 9.47 Å². The van der Waals surface area contributed by atoms with E-state index in [0.29, 0.717) is 5.75 Å². The molecule has 1 heterocycles. The van der Waals surface area contributed by atoms with E-state index >= 15 is 0 Å². The lowest BCUT2D eigenvalue weighted by Crippen LogP contribution is -2.18. The fourth-order valence-corrected chi connectivity index (χ4v) is 1.42. The summed E-state index contributed by atoms with van der Waals surface area (Å²) in [5.41, 5.74) is -0.613. The van der Waals surface area contributed by atoms with Crippen LogP contribution in [0.3, 0.4) is 0 Å². The fourth-order valence-electron chi connectivity index (χ4n) is 1.42. The largest absolute Gasteiger partial charge is 0.497 e. The van der Waals surface area contributed by atoms with E-state index in [4.69, 9.17) is 9.47 Å².